The van der Waals surface area contributed by atoms with Gasteiger partial charge in [0.15, 0.2) is 0 Å². The van der Waals surface area contributed by atoms with Gasteiger partial charge in [0.25, 0.3) is 11.6 Å². The fraction of sp³-hybridized carbons (Fsp3) is 0.316. The molecule has 0 atom stereocenters. The lowest BCUT2D eigenvalue weighted by atomic mass is 10.1. The van der Waals surface area contributed by atoms with Gasteiger partial charge in [-0.1, -0.05) is 12.1 Å². The number of nitrogens with one attached hydrogen (secondary N) is 2. The molecule has 1 fully saturated rings. The molecule has 1 amide bonds. The first-order valence-electron chi connectivity index (χ1n) is 9.11. The van der Waals surface area contributed by atoms with E-state index in [4.69, 9.17) is 0 Å². The zero-order valence-electron chi connectivity index (χ0n) is 15.9. The molecule has 1 aliphatic heterocycles. The molecule has 0 radical (unpaired) electrons. The zero-order valence-corrected chi connectivity index (χ0v) is 16.7. The molecule has 0 aromatic heterocycles. The summed E-state index contributed by atoms with van der Waals surface area (Å²) in [6.45, 7) is 1.69. The minimum atomic E-state index is -3.40. The second kappa shape index (κ2) is 8.48. The Balaban J connectivity index is 1.72. The number of nitro benzene ring substituents is 1. The normalized spacial score (nSPS) is 13.9. The second-order valence-electron chi connectivity index (χ2n) is 6.91. The van der Waals surface area contributed by atoms with Crippen molar-refractivity contribution >= 4 is 33.0 Å². The highest BCUT2D eigenvalue weighted by Crippen LogP contribution is 2.31. The number of hydrogen-bond donors (Lipinski definition) is 2. The molecule has 0 saturated carbocycles. The predicted octanol–water partition coefficient (Wildman–Crippen LogP) is 2.50. The first kappa shape index (κ1) is 20.6. The molecule has 1 saturated heterocycles. The van der Waals surface area contributed by atoms with Crippen LogP contribution in [0.25, 0.3) is 0 Å². The Hall–Kier alpha value is -3.14. The molecule has 0 spiro atoms. The van der Waals surface area contributed by atoms with Crippen molar-refractivity contribution in [1.82, 2.24) is 5.32 Å². The number of anilines is 2. The van der Waals surface area contributed by atoms with Crippen molar-refractivity contribution in [2.24, 2.45) is 0 Å². The van der Waals surface area contributed by atoms with Gasteiger partial charge >= 0.3 is 0 Å². The summed E-state index contributed by atoms with van der Waals surface area (Å²) >= 11 is 0. The summed E-state index contributed by atoms with van der Waals surface area (Å²) in [6, 6.07) is 11.1. The van der Waals surface area contributed by atoms with E-state index in [0.717, 1.165) is 32.2 Å². The topological polar surface area (TPSA) is 122 Å². The van der Waals surface area contributed by atoms with Gasteiger partial charge in [-0.3, -0.25) is 19.6 Å². The van der Waals surface area contributed by atoms with Crippen LogP contribution in [-0.4, -0.2) is 38.6 Å². The third-order valence-corrected chi connectivity index (χ3v) is 5.17. The maximum absolute atomic E-state index is 12.5. The molecule has 3 rings (SSSR count). The Morgan fingerprint density at radius 3 is 2.55 bits per heavy atom. The van der Waals surface area contributed by atoms with Gasteiger partial charge in [0, 0.05) is 37.0 Å². The lowest BCUT2D eigenvalue weighted by Crippen LogP contribution is -2.24. The minimum absolute atomic E-state index is 0.0844. The van der Waals surface area contributed by atoms with Crippen LogP contribution in [0.1, 0.15) is 28.8 Å². The summed E-state index contributed by atoms with van der Waals surface area (Å²) in [4.78, 5) is 25.4. The highest BCUT2D eigenvalue weighted by atomic mass is 32.2. The average Bonchev–Trinajstić information content (AvgIpc) is 3.19. The third-order valence-electron chi connectivity index (χ3n) is 4.56. The van der Waals surface area contributed by atoms with E-state index in [1.165, 1.54) is 6.07 Å². The van der Waals surface area contributed by atoms with Gasteiger partial charge in [0.05, 0.1) is 11.2 Å². The van der Waals surface area contributed by atoms with Crippen LogP contribution < -0.4 is 14.9 Å². The molecule has 0 unspecified atom stereocenters. The van der Waals surface area contributed by atoms with Crippen molar-refractivity contribution in [1.29, 1.82) is 0 Å². The molecule has 1 heterocycles. The lowest BCUT2D eigenvalue weighted by molar-refractivity contribution is -0.384. The summed E-state index contributed by atoms with van der Waals surface area (Å²) < 4.78 is 25.0. The number of rotatable bonds is 7. The van der Waals surface area contributed by atoms with E-state index in [0.29, 0.717) is 16.9 Å². The van der Waals surface area contributed by atoms with Gasteiger partial charge in [0.2, 0.25) is 10.0 Å². The smallest absolute Gasteiger partial charge is 0.293 e. The van der Waals surface area contributed by atoms with Gasteiger partial charge in [-0.2, -0.15) is 0 Å². The van der Waals surface area contributed by atoms with Crippen LogP contribution in [0.15, 0.2) is 42.5 Å². The maximum atomic E-state index is 12.5. The monoisotopic (exact) mass is 418 g/mol. The summed E-state index contributed by atoms with van der Waals surface area (Å²) in [5.74, 6) is -0.442. The van der Waals surface area contributed by atoms with Crippen molar-refractivity contribution in [3.63, 3.8) is 0 Å². The van der Waals surface area contributed by atoms with Crippen molar-refractivity contribution in [2.45, 2.75) is 19.4 Å². The minimum Gasteiger partial charge on any atom is -0.366 e. The second-order valence-corrected chi connectivity index (χ2v) is 8.66. The molecule has 2 N–H and O–H groups in total. The number of sulfonamides is 1. The lowest BCUT2D eigenvalue weighted by Gasteiger charge is -2.17. The Bertz CT molecular complexity index is 1030. The SMILES string of the molecule is CS(=O)(=O)Nc1cccc(CNC(=O)c2ccc(N3CCCC3)c([N+](=O)[O-])c2)c1. The van der Waals surface area contributed by atoms with Crippen LogP contribution in [0.2, 0.25) is 0 Å². The first-order chi connectivity index (χ1) is 13.7. The van der Waals surface area contributed by atoms with Crippen LogP contribution in [0.5, 0.6) is 0 Å². The number of hydrogen-bond acceptors (Lipinski definition) is 6. The molecular weight excluding hydrogens is 396 g/mol. The quantitative estimate of drug-likeness (QED) is 0.526. The highest BCUT2D eigenvalue weighted by molar-refractivity contribution is 7.92. The van der Waals surface area contributed by atoms with E-state index >= 15 is 0 Å². The number of amides is 1. The van der Waals surface area contributed by atoms with Gasteiger partial charge in [-0.15, -0.1) is 0 Å². The van der Waals surface area contributed by atoms with Gasteiger partial charge in [-0.05, 0) is 42.7 Å². The molecule has 154 valence electrons. The average molecular weight is 418 g/mol. The van der Waals surface area contributed by atoms with Crippen LogP contribution in [0.3, 0.4) is 0 Å². The molecule has 10 heteroatoms. The van der Waals surface area contributed by atoms with Gasteiger partial charge in [0.1, 0.15) is 5.69 Å². The Morgan fingerprint density at radius 2 is 1.90 bits per heavy atom. The van der Waals surface area contributed by atoms with Crippen LogP contribution >= 0.6 is 0 Å². The molecule has 9 nitrogen and oxygen atoms in total. The van der Waals surface area contributed by atoms with Crippen molar-refractivity contribution in [3.8, 4) is 0 Å². The van der Waals surface area contributed by atoms with Crippen LogP contribution in [-0.2, 0) is 16.6 Å². The predicted molar refractivity (Wildman–Crippen MR) is 111 cm³/mol. The third kappa shape index (κ3) is 5.44. The molecule has 0 aliphatic carbocycles. The van der Waals surface area contributed by atoms with E-state index < -0.39 is 20.9 Å². The number of nitro groups is 1. The van der Waals surface area contributed by atoms with Crippen molar-refractivity contribution in [2.75, 3.05) is 29.0 Å². The van der Waals surface area contributed by atoms with E-state index in [2.05, 4.69) is 10.0 Å². The summed E-state index contributed by atoms with van der Waals surface area (Å²) in [5.41, 5.74) is 1.73. The Kier molecular flexibility index (Phi) is 6.02. The maximum Gasteiger partial charge on any atom is 0.293 e. The van der Waals surface area contributed by atoms with Crippen molar-refractivity contribution in [3.05, 3.63) is 63.7 Å². The fourth-order valence-corrected chi connectivity index (χ4v) is 3.83. The van der Waals surface area contributed by atoms with Gasteiger partial charge in [-0.25, -0.2) is 8.42 Å². The van der Waals surface area contributed by atoms with Gasteiger partial charge < -0.3 is 10.2 Å². The van der Waals surface area contributed by atoms with Crippen LogP contribution in [0, 0.1) is 10.1 Å². The molecule has 1 aliphatic rings. The number of carbonyl (C=O) groups excluding carboxylic acids is 1. The molecule has 2 aromatic rings. The largest absolute Gasteiger partial charge is 0.366 e. The van der Waals surface area contributed by atoms with E-state index in [-0.39, 0.29) is 17.8 Å². The summed E-state index contributed by atoms with van der Waals surface area (Å²) in [5, 5.41) is 14.2. The number of nitrogens with zero attached hydrogens (tertiary/aromatic N) is 2. The van der Waals surface area contributed by atoms with Crippen molar-refractivity contribution < 1.29 is 18.1 Å². The van der Waals surface area contributed by atoms with E-state index in [1.807, 2.05) is 4.90 Å². The fourth-order valence-electron chi connectivity index (χ4n) is 3.28. The first-order valence-corrected chi connectivity index (χ1v) is 11.0. The van der Waals surface area contributed by atoms with E-state index in [9.17, 15) is 23.3 Å². The Labute approximate surface area is 168 Å². The molecular formula is C19H22N4O5S. The highest BCUT2D eigenvalue weighted by Gasteiger charge is 2.23. The summed E-state index contributed by atoms with van der Waals surface area (Å²) in [7, 11) is -3.40. The summed E-state index contributed by atoms with van der Waals surface area (Å²) in [6.07, 6.45) is 3.04. The van der Waals surface area contributed by atoms with E-state index in [1.54, 1.807) is 36.4 Å². The zero-order chi connectivity index (χ0) is 21.0. The number of carbonyl (C=O) groups is 1. The standard InChI is InChI=1S/C19H22N4O5S/c1-29(27,28)21-16-6-4-5-14(11-16)13-20-19(24)15-7-8-17(18(12-15)23(25)26)22-9-2-3-10-22/h4-8,11-12,21H,2-3,9-10,13H2,1H3,(H,20,24). The molecule has 2 aromatic carbocycles. The van der Waals surface area contributed by atoms with Crippen LogP contribution in [0.4, 0.5) is 17.1 Å². The Morgan fingerprint density at radius 1 is 1.17 bits per heavy atom. The molecule has 29 heavy (non-hydrogen) atoms. The number of benzene rings is 2. The molecule has 0 bridgehead atoms.